The normalized spacial score (nSPS) is 12.8. The Morgan fingerprint density at radius 3 is 2.58 bits per heavy atom. The zero-order valence-electron chi connectivity index (χ0n) is 7.19. The van der Waals surface area contributed by atoms with Gasteiger partial charge in [-0.05, 0) is 12.5 Å². The van der Waals surface area contributed by atoms with Crippen LogP contribution >= 0.6 is 0 Å². The molecule has 0 saturated carbocycles. The lowest BCUT2D eigenvalue weighted by atomic mass is 10.1. The molecular formula is C10H13O2. The molecule has 0 aliphatic rings. The predicted octanol–water partition coefficient (Wildman–Crippen LogP) is 2.02. The van der Waals surface area contributed by atoms with Gasteiger partial charge < -0.3 is 4.74 Å². The zero-order chi connectivity index (χ0) is 8.81. The molecule has 1 aromatic carbocycles. The molecule has 1 rings (SSSR count). The molecule has 1 atom stereocenters. The molecule has 0 heterocycles. The highest BCUT2D eigenvalue weighted by atomic mass is 16.6. The maximum atomic E-state index is 11.1. The largest absolute Gasteiger partial charge is 0.350 e. The number of hydrogen-bond acceptors (Lipinski definition) is 1. The number of ether oxygens (including phenoxy) is 1. The predicted molar refractivity (Wildman–Crippen MR) is 46.2 cm³/mol. The van der Waals surface area contributed by atoms with E-state index < -0.39 is 6.29 Å². The smallest absolute Gasteiger partial charge is 0.195 e. The number of rotatable bonds is 4. The highest BCUT2D eigenvalue weighted by Crippen LogP contribution is 2.03. The third-order valence-electron chi connectivity index (χ3n) is 1.60. The van der Waals surface area contributed by atoms with Crippen LogP contribution in [0.25, 0.3) is 0 Å². The first-order chi connectivity index (χ1) is 5.83. The van der Waals surface area contributed by atoms with Crippen molar-refractivity contribution in [3.8, 4) is 0 Å². The van der Waals surface area contributed by atoms with Crippen LogP contribution in [0.5, 0.6) is 0 Å². The summed E-state index contributed by atoms with van der Waals surface area (Å²) in [5.74, 6) is 0. The molecule has 0 aromatic heterocycles. The molecule has 12 heavy (non-hydrogen) atoms. The fourth-order valence-electron chi connectivity index (χ4n) is 1.05. The second kappa shape index (κ2) is 4.91. The van der Waals surface area contributed by atoms with Crippen molar-refractivity contribution in [2.45, 2.75) is 19.6 Å². The van der Waals surface area contributed by atoms with Crippen LogP contribution in [0.3, 0.4) is 0 Å². The molecule has 0 spiro atoms. The summed E-state index contributed by atoms with van der Waals surface area (Å²) >= 11 is 0. The SMILES string of the molecule is CCOC([O])Cc1ccccc1. The second-order valence-corrected chi connectivity index (χ2v) is 2.57. The van der Waals surface area contributed by atoms with Crippen LogP contribution in [0.4, 0.5) is 0 Å². The third-order valence-corrected chi connectivity index (χ3v) is 1.60. The molecule has 65 valence electrons. The summed E-state index contributed by atoms with van der Waals surface area (Å²) in [7, 11) is 0. The molecule has 0 aliphatic carbocycles. The molecular weight excluding hydrogens is 152 g/mol. The second-order valence-electron chi connectivity index (χ2n) is 2.57. The van der Waals surface area contributed by atoms with Crippen LogP contribution in [0.1, 0.15) is 12.5 Å². The lowest BCUT2D eigenvalue weighted by Crippen LogP contribution is -2.12. The van der Waals surface area contributed by atoms with E-state index in [4.69, 9.17) is 4.74 Å². The fourth-order valence-corrected chi connectivity index (χ4v) is 1.05. The average molecular weight is 165 g/mol. The van der Waals surface area contributed by atoms with E-state index in [0.29, 0.717) is 13.0 Å². The van der Waals surface area contributed by atoms with Gasteiger partial charge in [-0.2, -0.15) is 0 Å². The zero-order valence-corrected chi connectivity index (χ0v) is 7.19. The van der Waals surface area contributed by atoms with Gasteiger partial charge in [-0.25, -0.2) is 5.11 Å². The molecule has 2 heteroatoms. The summed E-state index contributed by atoms with van der Waals surface area (Å²) < 4.78 is 4.89. The van der Waals surface area contributed by atoms with E-state index in [9.17, 15) is 5.11 Å². The number of benzene rings is 1. The van der Waals surface area contributed by atoms with Crippen molar-refractivity contribution >= 4 is 0 Å². The quantitative estimate of drug-likeness (QED) is 0.627. The van der Waals surface area contributed by atoms with Crippen LogP contribution in [-0.2, 0) is 16.3 Å². The van der Waals surface area contributed by atoms with E-state index >= 15 is 0 Å². The van der Waals surface area contributed by atoms with Gasteiger partial charge in [0.1, 0.15) is 0 Å². The Morgan fingerprint density at radius 2 is 2.00 bits per heavy atom. The molecule has 0 bridgehead atoms. The highest BCUT2D eigenvalue weighted by Gasteiger charge is 2.04. The summed E-state index contributed by atoms with van der Waals surface area (Å²) in [6.07, 6.45) is -0.466. The molecule has 0 saturated heterocycles. The van der Waals surface area contributed by atoms with Crippen molar-refractivity contribution in [2.75, 3.05) is 6.61 Å². The van der Waals surface area contributed by atoms with E-state index in [1.807, 2.05) is 37.3 Å². The minimum absolute atomic E-state index is 0.453. The van der Waals surface area contributed by atoms with E-state index in [2.05, 4.69) is 0 Å². The molecule has 1 aromatic rings. The van der Waals surface area contributed by atoms with Gasteiger partial charge in [-0.15, -0.1) is 0 Å². The van der Waals surface area contributed by atoms with Crippen molar-refractivity contribution in [1.29, 1.82) is 0 Å². The Morgan fingerprint density at radius 1 is 1.33 bits per heavy atom. The van der Waals surface area contributed by atoms with E-state index in [-0.39, 0.29) is 0 Å². The first-order valence-electron chi connectivity index (χ1n) is 4.14. The molecule has 0 amide bonds. The van der Waals surface area contributed by atoms with Gasteiger partial charge in [0.15, 0.2) is 6.29 Å². The Bertz CT molecular complexity index is 208. The van der Waals surface area contributed by atoms with Crippen LogP contribution in [0.15, 0.2) is 30.3 Å². The summed E-state index contributed by atoms with van der Waals surface area (Å²) in [6, 6.07) is 9.65. The van der Waals surface area contributed by atoms with Crippen LogP contribution < -0.4 is 0 Å². The highest BCUT2D eigenvalue weighted by molar-refractivity contribution is 5.14. The Balaban J connectivity index is 2.41. The molecule has 1 radical (unpaired) electrons. The lowest BCUT2D eigenvalue weighted by molar-refractivity contribution is -0.134. The maximum absolute atomic E-state index is 11.1. The van der Waals surface area contributed by atoms with Gasteiger partial charge >= 0.3 is 0 Å². The Kier molecular flexibility index (Phi) is 3.77. The van der Waals surface area contributed by atoms with Crippen molar-refractivity contribution in [2.24, 2.45) is 0 Å². The average Bonchev–Trinajstić information content (AvgIpc) is 2.06. The van der Waals surface area contributed by atoms with Crippen LogP contribution in [-0.4, -0.2) is 12.9 Å². The fraction of sp³-hybridized carbons (Fsp3) is 0.400. The molecule has 0 aliphatic heterocycles. The van der Waals surface area contributed by atoms with Gasteiger partial charge in [0.25, 0.3) is 0 Å². The molecule has 0 N–H and O–H groups in total. The summed E-state index contributed by atoms with van der Waals surface area (Å²) in [5, 5.41) is 11.1. The Labute approximate surface area is 72.8 Å². The Hall–Kier alpha value is -0.860. The van der Waals surface area contributed by atoms with Crippen molar-refractivity contribution < 1.29 is 9.84 Å². The first kappa shape index (κ1) is 9.23. The minimum atomic E-state index is -0.919. The van der Waals surface area contributed by atoms with E-state index in [1.54, 1.807) is 0 Å². The van der Waals surface area contributed by atoms with Gasteiger partial charge in [0, 0.05) is 13.0 Å². The summed E-state index contributed by atoms with van der Waals surface area (Å²) in [4.78, 5) is 0. The monoisotopic (exact) mass is 165 g/mol. The van der Waals surface area contributed by atoms with Crippen molar-refractivity contribution in [3.05, 3.63) is 35.9 Å². The molecule has 1 unspecified atom stereocenters. The summed E-state index contributed by atoms with van der Waals surface area (Å²) in [6.45, 7) is 2.32. The first-order valence-corrected chi connectivity index (χ1v) is 4.14. The van der Waals surface area contributed by atoms with Crippen molar-refractivity contribution in [1.82, 2.24) is 0 Å². The molecule has 2 nitrogen and oxygen atoms in total. The van der Waals surface area contributed by atoms with Gasteiger partial charge in [0.2, 0.25) is 0 Å². The lowest BCUT2D eigenvalue weighted by Gasteiger charge is -2.07. The molecule has 0 fully saturated rings. The van der Waals surface area contributed by atoms with Crippen molar-refractivity contribution in [3.63, 3.8) is 0 Å². The van der Waals surface area contributed by atoms with E-state index in [1.165, 1.54) is 0 Å². The van der Waals surface area contributed by atoms with Gasteiger partial charge in [-0.1, -0.05) is 30.3 Å². The maximum Gasteiger partial charge on any atom is 0.195 e. The van der Waals surface area contributed by atoms with Gasteiger partial charge in [-0.3, -0.25) is 0 Å². The number of hydrogen-bond donors (Lipinski definition) is 0. The van der Waals surface area contributed by atoms with Crippen LogP contribution in [0.2, 0.25) is 0 Å². The van der Waals surface area contributed by atoms with E-state index in [0.717, 1.165) is 5.56 Å². The topological polar surface area (TPSA) is 29.1 Å². The third kappa shape index (κ3) is 3.03. The standard InChI is InChI=1S/C10H13O2/c1-2-12-10(11)8-9-6-4-3-5-7-9/h3-7,10H,2,8H2,1H3. The van der Waals surface area contributed by atoms with Gasteiger partial charge in [0.05, 0.1) is 0 Å². The summed E-state index contributed by atoms with van der Waals surface area (Å²) in [5.41, 5.74) is 1.03. The minimum Gasteiger partial charge on any atom is -0.350 e. The van der Waals surface area contributed by atoms with Crippen LogP contribution in [0, 0.1) is 0 Å².